The van der Waals surface area contributed by atoms with E-state index in [1.807, 2.05) is 24.3 Å². The minimum atomic E-state index is -0.192. The Hall–Kier alpha value is -1.55. The molecule has 2 saturated carbocycles. The van der Waals surface area contributed by atoms with Gasteiger partial charge in [-0.25, -0.2) is 0 Å². The fourth-order valence-corrected chi connectivity index (χ4v) is 4.30. The number of guanidine groups is 1. The smallest absolute Gasteiger partial charge is 0.252 e. The third-order valence-corrected chi connectivity index (χ3v) is 5.05. The van der Waals surface area contributed by atoms with E-state index in [9.17, 15) is 4.79 Å². The maximum absolute atomic E-state index is 12.4. The van der Waals surface area contributed by atoms with Crippen molar-refractivity contribution in [3.05, 3.63) is 34.9 Å². The summed E-state index contributed by atoms with van der Waals surface area (Å²) in [6.07, 6.45) is 3.32. The average molecular weight is 292 g/mol. The van der Waals surface area contributed by atoms with E-state index >= 15 is 0 Å². The SMILES string of the molecule is NC(N)=NC(=O)[C@H]1C2CCC(C2)[C@@H]1c1ccccc1Cl. The van der Waals surface area contributed by atoms with Crippen LogP contribution < -0.4 is 11.5 Å². The third kappa shape index (κ3) is 2.18. The molecule has 3 rings (SSSR count). The van der Waals surface area contributed by atoms with Crippen LogP contribution in [-0.4, -0.2) is 11.9 Å². The molecule has 0 radical (unpaired) electrons. The third-order valence-electron chi connectivity index (χ3n) is 4.71. The molecule has 0 heterocycles. The number of hydrogen-bond donors (Lipinski definition) is 2. The zero-order chi connectivity index (χ0) is 14.3. The van der Waals surface area contributed by atoms with Crippen molar-refractivity contribution < 1.29 is 4.79 Å². The van der Waals surface area contributed by atoms with Gasteiger partial charge >= 0.3 is 0 Å². The molecule has 2 bridgehead atoms. The summed E-state index contributed by atoms with van der Waals surface area (Å²) in [7, 11) is 0. The van der Waals surface area contributed by atoms with E-state index in [2.05, 4.69) is 4.99 Å². The fraction of sp³-hybridized carbons (Fsp3) is 0.467. The number of halogens is 1. The van der Waals surface area contributed by atoms with Gasteiger partial charge in [0.1, 0.15) is 0 Å². The van der Waals surface area contributed by atoms with Gasteiger partial charge in [-0.2, -0.15) is 4.99 Å². The number of carbonyl (C=O) groups is 1. The van der Waals surface area contributed by atoms with Gasteiger partial charge in [-0.15, -0.1) is 0 Å². The maximum Gasteiger partial charge on any atom is 0.252 e. The van der Waals surface area contributed by atoms with Crippen molar-refractivity contribution in [3.8, 4) is 0 Å². The lowest BCUT2D eigenvalue weighted by Gasteiger charge is -2.29. The molecule has 0 aliphatic heterocycles. The summed E-state index contributed by atoms with van der Waals surface area (Å²) >= 11 is 6.32. The number of fused-ring (bicyclic) bond motifs is 2. The van der Waals surface area contributed by atoms with Gasteiger partial charge in [0, 0.05) is 10.9 Å². The van der Waals surface area contributed by atoms with Crippen LogP contribution in [0.3, 0.4) is 0 Å². The van der Waals surface area contributed by atoms with E-state index in [0.29, 0.717) is 11.8 Å². The number of aliphatic imine (C=N–C) groups is 1. The van der Waals surface area contributed by atoms with Crippen LogP contribution in [-0.2, 0) is 4.79 Å². The van der Waals surface area contributed by atoms with Crippen LogP contribution in [0.2, 0.25) is 5.02 Å². The standard InChI is InChI=1S/C15H18ClN3O/c16-11-4-2-1-3-10(11)12-8-5-6-9(7-8)13(12)14(20)19-15(17)18/h1-4,8-9,12-13H,5-7H2,(H4,17,18,19,20)/t8?,9?,12-,13+/m1/s1. The molecule has 1 aromatic rings. The number of nitrogens with zero attached hydrogens (tertiary/aromatic N) is 1. The Morgan fingerprint density at radius 3 is 2.60 bits per heavy atom. The van der Waals surface area contributed by atoms with E-state index in [0.717, 1.165) is 29.8 Å². The second-order valence-corrected chi connectivity index (χ2v) is 6.19. The van der Waals surface area contributed by atoms with Crippen molar-refractivity contribution in [1.82, 2.24) is 0 Å². The lowest BCUT2D eigenvalue weighted by atomic mass is 9.75. The molecule has 1 aromatic carbocycles. The van der Waals surface area contributed by atoms with Crippen molar-refractivity contribution in [3.63, 3.8) is 0 Å². The Labute approximate surface area is 123 Å². The molecule has 2 unspecified atom stereocenters. The monoisotopic (exact) mass is 291 g/mol. The van der Waals surface area contributed by atoms with Crippen LogP contribution in [0.15, 0.2) is 29.3 Å². The molecule has 0 spiro atoms. The predicted octanol–water partition coefficient (Wildman–Crippen LogP) is 2.27. The summed E-state index contributed by atoms with van der Waals surface area (Å²) in [6, 6.07) is 7.77. The molecule has 1 amide bonds. The van der Waals surface area contributed by atoms with Gasteiger partial charge < -0.3 is 11.5 Å². The van der Waals surface area contributed by atoms with Crippen molar-refractivity contribution in [2.45, 2.75) is 25.2 Å². The van der Waals surface area contributed by atoms with Crippen LogP contribution in [0.4, 0.5) is 0 Å². The first-order chi connectivity index (χ1) is 9.58. The quantitative estimate of drug-likeness (QED) is 0.648. The molecule has 4 nitrogen and oxygen atoms in total. The summed E-state index contributed by atoms with van der Waals surface area (Å²) in [4.78, 5) is 16.1. The molecule has 4 atom stereocenters. The van der Waals surface area contributed by atoms with Gasteiger partial charge in [-0.1, -0.05) is 29.8 Å². The Balaban J connectivity index is 1.98. The lowest BCUT2D eigenvalue weighted by Crippen LogP contribution is -2.31. The van der Waals surface area contributed by atoms with Crippen molar-refractivity contribution in [2.24, 2.45) is 34.2 Å². The first-order valence-corrected chi connectivity index (χ1v) is 7.33. The Morgan fingerprint density at radius 1 is 1.20 bits per heavy atom. The highest BCUT2D eigenvalue weighted by atomic mass is 35.5. The van der Waals surface area contributed by atoms with Crippen LogP contribution in [0.1, 0.15) is 30.7 Å². The number of carbonyl (C=O) groups excluding carboxylic acids is 1. The Morgan fingerprint density at radius 2 is 1.90 bits per heavy atom. The first kappa shape index (κ1) is 13.4. The van der Waals surface area contributed by atoms with E-state index in [4.69, 9.17) is 23.1 Å². The van der Waals surface area contributed by atoms with Gasteiger partial charge in [0.2, 0.25) is 0 Å². The molecule has 20 heavy (non-hydrogen) atoms. The van der Waals surface area contributed by atoms with E-state index < -0.39 is 0 Å². The molecule has 2 aliphatic carbocycles. The topological polar surface area (TPSA) is 81.5 Å². The lowest BCUT2D eigenvalue weighted by molar-refractivity contribution is -0.123. The van der Waals surface area contributed by atoms with Crippen LogP contribution in [0, 0.1) is 17.8 Å². The molecule has 2 aliphatic rings. The average Bonchev–Trinajstić information content (AvgIpc) is 2.98. The van der Waals surface area contributed by atoms with E-state index in [-0.39, 0.29) is 23.7 Å². The van der Waals surface area contributed by atoms with Gasteiger partial charge in [0.15, 0.2) is 5.96 Å². The van der Waals surface area contributed by atoms with Crippen molar-refractivity contribution >= 4 is 23.5 Å². The summed E-state index contributed by atoms with van der Waals surface area (Å²) in [5.41, 5.74) is 11.8. The number of hydrogen-bond acceptors (Lipinski definition) is 1. The molecule has 4 N–H and O–H groups in total. The second-order valence-electron chi connectivity index (χ2n) is 5.78. The Kier molecular flexibility index (Phi) is 3.42. The van der Waals surface area contributed by atoms with Crippen molar-refractivity contribution in [2.75, 3.05) is 0 Å². The zero-order valence-electron chi connectivity index (χ0n) is 11.1. The molecular formula is C15H18ClN3O. The van der Waals surface area contributed by atoms with Crippen LogP contribution in [0.25, 0.3) is 0 Å². The van der Waals surface area contributed by atoms with Gasteiger partial charge in [-0.05, 0) is 42.7 Å². The van der Waals surface area contributed by atoms with Crippen LogP contribution in [0.5, 0.6) is 0 Å². The predicted molar refractivity (Wildman–Crippen MR) is 79.3 cm³/mol. The minimum Gasteiger partial charge on any atom is -0.370 e. The summed E-state index contributed by atoms with van der Waals surface area (Å²) in [6.45, 7) is 0. The van der Waals surface area contributed by atoms with Gasteiger partial charge in [0.05, 0.1) is 5.92 Å². The molecule has 0 aromatic heterocycles. The summed E-state index contributed by atoms with van der Waals surface area (Å²) < 4.78 is 0. The van der Waals surface area contributed by atoms with E-state index in [1.54, 1.807) is 0 Å². The van der Waals surface area contributed by atoms with Gasteiger partial charge in [0.25, 0.3) is 5.91 Å². The molecule has 106 valence electrons. The summed E-state index contributed by atoms with van der Waals surface area (Å²) in [5, 5.41) is 0.729. The highest BCUT2D eigenvalue weighted by Gasteiger charge is 2.51. The highest BCUT2D eigenvalue weighted by molar-refractivity contribution is 6.31. The normalized spacial score (nSPS) is 31.2. The maximum atomic E-state index is 12.4. The Bertz CT molecular complexity index is 568. The van der Waals surface area contributed by atoms with Gasteiger partial charge in [-0.3, -0.25) is 4.79 Å². The molecule has 2 fully saturated rings. The zero-order valence-corrected chi connectivity index (χ0v) is 11.9. The molecular weight excluding hydrogens is 274 g/mol. The number of rotatable bonds is 2. The second kappa shape index (κ2) is 5.09. The molecule has 0 saturated heterocycles. The number of nitrogens with two attached hydrogens (primary N) is 2. The van der Waals surface area contributed by atoms with Crippen molar-refractivity contribution in [1.29, 1.82) is 0 Å². The largest absolute Gasteiger partial charge is 0.370 e. The number of amides is 1. The number of benzene rings is 1. The van der Waals surface area contributed by atoms with Crippen LogP contribution >= 0.6 is 11.6 Å². The highest BCUT2D eigenvalue weighted by Crippen LogP contribution is 2.57. The minimum absolute atomic E-state index is 0.129. The molecule has 5 heteroatoms. The van der Waals surface area contributed by atoms with E-state index in [1.165, 1.54) is 0 Å². The first-order valence-electron chi connectivity index (χ1n) is 6.96. The summed E-state index contributed by atoms with van der Waals surface area (Å²) in [5.74, 6) is 0.575. The fourth-order valence-electron chi connectivity index (χ4n) is 4.04.